The highest BCUT2D eigenvalue weighted by molar-refractivity contribution is 7.09. The van der Waals surface area contributed by atoms with E-state index in [1.54, 1.807) is 18.3 Å². The third kappa shape index (κ3) is 6.67. The number of carbonyl (C=O) groups excluding carboxylic acids is 2. The molecule has 0 saturated carbocycles. The van der Waals surface area contributed by atoms with Crippen molar-refractivity contribution in [2.45, 2.75) is 72.0 Å². The summed E-state index contributed by atoms with van der Waals surface area (Å²) >= 11 is 1.57. The fourth-order valence-corrected chi connectivity index (χ4v) is 3.88. The van der Waals surface area contributed by atoms with Crippen LogP contribution in [0.25, 0.3) is 6.08 Å². The molecule has 1 aromatic rings. The Labute approximate surface area is 171 Å². The number of aliphatic hydroxyl groups excluding tert-OH is 1. The van der Waals surface area contributed by atoms with E-state index >= 15 is 0 Å². The standard InChI is InChI=1S/C22H31NO4S/c1-14-9-7-5-6-8-10-20(15(2)11-18-13-28-17(4)23-18)27-21(25)12-19(24)16(3)22(14)26/h6,8,11,13-14,16,19-20,24H,5,7,9-10,12H2,1-4H3/b8-6-,15-11+/t14?,16?,19-,20-/m0/s1. The van der Waals surface area contributed by atoms with Crippen LogP contribution >= 0.6 is 11.3 Å². The zero-order valence-corrected chi connectivity index (χ0v) is 18.0. The Morgan fingerprint density at radius 3 is 2.75 bits per heavy atom. The average Bonchev–Trinajstić information content (AvgIpc) is 3.05. The summed E-state index contributed by atoms with van der Waals surface area (Å²) in [4.78, 5) is 29.3. The molecule has 0 fully saturated rings. The molecule has 0 amide bonds. The molecule has 0 radical (unpaired) electrons. The number of ether oxygens (including phenoxy) is 1. The molecule has 1 aliphatic heterocycles. The first kappa shape index (κ1) is 22.5. The van der Waals surface area contributed by atoms with E-state index in [1.807, 2.05) is 38.3 Å². The molecule has 154 valence electrons. The van der Waals surface area contributed by atoms with Crippen LogP contribution in [0.2, 0.25) is 0 Å². The van der Waals surface area contributed by atoms with Crippen molar-refractivity contribution in [1.82, 2.24) is 4.98 Å². The molecule has 5 nitrogen and oxygen atoms in total. The van der Waals surface area contributed by atoms with E-state index in [4.69, 9.17) is 4.74 Å². The second kappa shape index (κ2) is 10.7. The molecule has 1 aromatic heterocycles. The van der Waals surface area contributed by atoms with Crippen molar-refractivity contribution in [3.05, 3.63) is 33.8 Å². The molecular weight excluding hydrogens is 374 g/mol. The topological polar surface area (TPSA) is 76.5 Å². The van der Waals surface area contributed by atoms with Crippen molar-refractivity contribution < 1.29 is 19.4 Å². The van der Waals surface area contributed by atoms with Gasteiger partial charge in [0.25, 0.3) is 0 Å². The van der Waals surface area contributed by atoms with Crippen LogP contribution < -0.4 is 0 Å². The van der Waals surface area contributed by atoms with Crippen molar-refractivity contribution in [2.24, 2.45) is 11.8 Å². The lowest BCUT2D eigenvalue weighted by atomic mass is 9.87. The lowest BCUT2D eigenvalue weighted by molar-refractivity contribution is -0.150. The molecule has 1 N–H and O–H groups in total. The van der Waals surface area contributed by atoms with Crippen LogP contribution in [0.3, 0.4) is 0 Å². The van der Waals surface area contributed by atoms with Gasteiger partial charge in [0.2, 0.25) is 0 Å². The van der Waals surface area contributed by atoms with Crippen LogP contribution in [0.15, 0.2) is 23.1 Å². The largest absolute Gasteiger partial charge is 0.457 e. The Kier molecular flexibility index (Phi) is 8.58. The van der Waals surface area contributed by atoms with E-state index in [0.717, 1.165) is 35.5 Å². The van der Waals surface area contributed by atoms with Gasteiger partial charge in [0, 0.05) is 23.6 Å². The van der Waals surface area contributed by atoms with Crippen LogP contribution in [0.1, 0.15) is 63.6 Å². The Morgan fingerprint density at radius 2 is 2.07 bits per heavy atom. The fourth-order valence-electron chi connectivity index (χ4n) is 3.31. The number of hydrogen-bond acceptors (Lipinski definition) is 6. The summed E-state index contributed by atoms with van der Waals surface area (Å²) in [5.41, 5.74) is 1.76. The lowest BCUT2D eigenvalue weighted by Gasteiger charge is -2.23. The summed E-state index contributed by atoms with van der Waals surface area (Å²) in [6.45, 7) is 7.46. The van der Waals surface area contributed by atoms with E-state index in [1.165, 1.54) is 0 Å². The third-order valence-electron chi connectivity index (χ3n) is 5.21. The molecule has 28 heavy (non-hydrogen) atoms. The zero-order chi connectivity index (χ0) is 20.7. The van der Waals surface area contributed by atoms with E-state index in [0.29, 0.717) is 6.42 Å². The van der Waals surface area contributed by atoms with Gasteiger partial charge in [-0.1, -0.05) is 26.0 Å². The summed E-state index contributed by atoms with van der Waals surface area (Å²) in [7, 11) is 0. The highest BCUT2D eigenvalue weighted by atomic mass is 32.1. The number of esters is 1. The number of Topliss-reactive ketones (excluding diaryl/α,β-unsaturated/α-hetero) is 1. The van der Waals surface area contributed by atoms with Crippen LogP contribution in [-0.4, -0.2) is 34.1 Å². The molecule has 2 rings (SSSR count). The normalized spacial score (nSPS) is 29.8. The second-order valence-electron chi connectivity index (χ2n) is 7.66. The highest BCUT2D eigenvalue weighted by Crippen LogP contribution is 2.22. The molecule has 1 aliphatic rings. The molecule has 0 saturated heterocycles. The summed E-state index contributed by atoms with van der Waals surface area (Å²) in [6.07, 6.45) is 7.60. The van der Waals surface area contributed by atoms with Gasteiger partial charge in [-0.2, -0.15) is 0 Å². The Morgan fingerprint density at radius 1 is 1.32 bits per heavy atom. The zero-order valence-electron chi connectivity index (χ0n) is 17.2. The number of thiazole rings is 1. The SMILES string of the molecule is C/C(=C\c1csc(C)n1)[C@@H]1C/C=C\CCCC(C)C(=O)C(C)[C@@H](O)CC(=O)O1. The van der Waals surface area contributed by atoms with Gasteiger partial charge in [0.15, 0.2) is 0 Å². The van der Waals surface area contributed by atoms with Gasteiger partial charge in [-0.25, -0.2) is 4.98 Å². The minimum atomic E-state index is -1.02. The first-order valence-corrected chi connectivity index (χ1v) is 10.8. The number of aromatic nitrogens is 1. The van der Waals surface area contributed by atoms with Gasteiger partial charge in [0.1, 0.15) is 11.9 Å². The van der Waals surface area contributed by atoms with E-state index in [-0.39, 0.29) is 18.1 Å². The Hall–Kier alpha value is -1.79. The first-order valence-electron chi connectivity index (χ1n) is 9.94. The van der Waals surface area contributed by atoms with Gasteiger partial charge in [0.05, 0.1) is 23.2 Å². The quantitative estimate of drug-likeness (QED) is 0.579. The maximum absolute atomic E-state index is 12.5. The number of allylic oxidation sites excluding steroid dienone is 1. The minimum absolute atomic E-state index is 0.00728. The van der Waals surface area contributed by atoms with E-state index in [9.17, 15) is 14.7 Å². The second-order valence-corrected chi connectivity index (χ2v) is 8.72. The van der Waals surface area contributed by atoms with Crippen molar-refractivity contribution >= 4 is 29.2 Å². The maximum Gasteiger partial charge on any atom is 0.309 e. The molecule has 0 aromatic carbocycles. The number of hydrogen-bond donors (Lipinski definition) is 1. The Bertz CT molecular complexity index is 737. The number of nitrogens with zero attached hydrogens (tertiary/aromatic N) is 1. The van der Waals surface area contributed by atoms with Crippen molar-refractivity contribution in [2.75, 3.05) is 0 Å². The molecule has 0 aliphatic carbocycles. The summed E-state index contributed by atoms with van der Waals surface area (Å²) < 4.78 is 5.66. The molecule has 2 heterocycles. The summed E-state index contributed by atoms with van der Waals surface area (Å²) in [5.74, 6) is -1.17. The van der Waals surface area contributed by atoms with Gasteiger partial charge in [-0.05, 0) is 44.8 Å². The smallest absolute Gasteiger partial charge is 0.309 e. The number of cyclic esters (lactones) is 1. The van der Waals surface area contributed by atoms with Crippen LogP contribution in [-0.2, 0) is 14.3 Å². The van der Waals surface area contributed by atoms with Gasteiger partial charge >= 0.3 is 5.97 Å². The van der Waals surface area contributed by atoms with Crippen molar-refractivity contribution in [3.63, 3.8) is 0 Å². The van der Waals surface area contributed by atoms with E-state index < -0.39 is 24.1 Å². The number of aryl methyl sites for hydroxylation is 1. The minimum Gasteiger partial charge on any atom is -0.457 e. The molecule has 0 spiro atoms. The molecule has 6 heteroatoms. The Balaban J connectivity index is 2.17. The highest BCUT2D eigenvalue weighted by Gasteiger charge is 2.29. The maximum atomic E-state index is 12.5. The predicted molar refractivity (Wildman–Crippen MR) is 112 cm³/mol. The molecule has 4 atom stereocenters. The first-order chi connectivity index (χ1) is 13.3. The van der Waals surface area contributed by atoms with Gasteiger partial charge < -0.3 is 9.84 Å². The van der Waals surface area contributed by atoms with Crippen molar-refractivity contribution in [3.8, 4) is 0 Å². The summed E-state index contributed by atoms with van der Waals surface area (Å²) in [6, 6.07) is 0. The van der Waals surface area contributed by atoms with Gasteiger partial charge in [-0.15, -0.1) is 11.3 Å². The molecule has 2 unspecified atom stereocenters. The van der Waals surface area contributed by atoms with E-state index in [2.05, 4.69) is 11.1 Å². The van der Waals surface area contributed by atoms with Crippen LogP contribution in [0.5, 0.6) is 0 Å². The number of carbonyl (C=O) groups is 2. The number of aliphatic hydroxyl groups is 1. The average molecular weight is 406 g/mol. The van der Waals surface area contributed by atoms with Crippen LogP contribution in [0, 0.1) is 18.8 Å². The number of rotatable bonds is 2. The third-order valence-corrected chi connectivity index (χ3v) is 6.00. The number of ketones is 1. The summed E-state index contributed by atoms with van der Waals surface area (Å²) in [5, 5.41) is 13.3. The fraction of sp³-hybridized carbons (Fsp3) is 0.591. The lowest BCUT2D eigenvalue weighted by Crippen LogP contribution is -2.33. The van der Waals surface area contributed by atoms with Crippen LogP contribution in [0.4, 0.5) is 0 Å². The molecule has 0 bridgehead atoms. The monoisotopic (exact) mass is 405 g/mol. The van der Waals surface area contributed by atoms with Crippen molar-refractivity contribution in [1.29, 1.82) is 0 Å². The molecular formula is C22H31NO4S. The predicted octanol–water partition coefficient (Wildman–Crippen LogP) is 4.49. The van der Waals surface area contributed by atoms with Gasteiger partial charge in [-0.3, -0.25) is 9.59 Å².